The van der Waals surface area contributed by atoms with Gasteiger partial charge < -0.3 is 14.2 Å². The molecule has 0 unspecified atom stereocenters. The summed E-state index contributed by atoms with van der Waals surface area (Å²) in [6.45, 7) is 6.55. The second kappa shape index (κ2) is 49.0. The summed E-state index contributed by atoms with van der Waals surface area (Å²) in [5.41, 5.74) is 0. The standard InChI is InChI=1S/C54H96O6/c1-4-7-10-13-16-19-22-24-26-27-28-30-32-35-38-41-44-47-53(56)59-50-51(49-58-52(55)46-43-40-37-34-31-21-18-15-12-9-6-3)60-54(57)48-45-42-39-36-33-29-25-23-20-17-14-11-8-5-2/h15-16,18-19,23-26,51H,4-14,17,20-22,27-50H2,1-3H3/b18-15-,19-16-,25-23-,26-24-/t51-/m1/s1. The highest BCUT2D eigenvalue weighted by Gasteiger charge is 2.19. The highest BCUT2D eigenvalue weighted by atomic mass is 16.6. The van der Waals surface area contributed by atoms with Gasteiger partial charge in [0.15, 0.2) is 6.10 Å². The Morgan fingerprint density at radius 3 is 1.02 bits per heavy atom. The van der Waals surface area contributed by atoms with Gasteiger partial charge in [0.05, 0.1) is 0 Å². The zero-order chi connectivity index (χ0) is 43.7. The normalized spacial score (nSPS) is 12.4. The van der Waals surface area contributed by atoms with Gasteiger partial charge in [0.2, 0.25) is 0 Å². The third-order valence-electron chi connectivity index (χ3n) is 11.0. The highest BCUT2D eigenvalue weighted by Crippen LogP contribution is 2.14. The molecule has 6 nitrogen and oxygen atoms in total. The highest BCUT2D eigenvalue weighted by molar-refractivity contribution is 5.71. The summed E-state index contributed by atoms with van der Waals surface area (Å²) in [5.74, 6) is -0.904. The van der Waals surface area contributed by atoms with E-state index in [2.05, 4.69) is 69.4 Å². The van der Waals surface area contributed by atoms with Crippen molar-refractivity contribution in [1.29, 1.82) is 0 Å². The van der Waals surface area contributed by atoms with Gasteiger partial charge in [0.25, 0.3) is 0 Å². The average molecular weight is 841 g/mol. The molecule has 0 aromatic carbocycles. The third-order valence-corrected chi connectivity index (χ3v) is 11.0. The smallest absolute Gasteiger partial charge is 0.306 e. The Balaban J connectivity index is 4.38. The van der Waals surface area contributed by atoms with Crippen molar-refractivity contribution in [2.45, 2.75) is 264 Å². The molecule has 0 aromatic heterocycles. The number of esters is 3. The van der Waals surface area contributed by atoms with Crippen molar-refractivity contribution in [3.8, 4) is 0 Å². The maximum atomic E-state index is 12.8. The SMILES string of the molecule is CCCC/C=C\CCCCCCCC(=O)OC[C@H](COC(=O)CCCCCCCCC/C=C\C/C=C\CCCCC)OC(=O)CCCCCCC/C=C\CCCCCCC. The minimum atomic E-state index is -0.781. The van der Waals surface area contributed by atoms with Crippen molar-refractivity contribution in [2.24, 2.45) is 0 Å². The summed E-state index contributed by atoms with van der Waals surface area (Å²) >= 11 is 0. The van der Waals surface area contributed by atoms with Gasteiger partial charge in [-0.05, 0) is 96.3 Å². The molecule has 0 saturated carbocycles. The minimum Gasteiger partial charge on any atom is -0.462 e. The largest absolute Gasteiger partial charge is 0.462 e. The van der Waals surface area contributed by atoms with E-state index >= 15 is 0 Å². The fourth-order valence-electron chi connectivity index (χ4n) is 7.09. The van der Waals surface area contributed by atoms with E-state index in [9.17, 15) is 14.4 Å². The molecule has 0 spiro atoms. The Morgan fingerprint density at radius 2 is 0.617 bits per heavy atom. The van der Waals surface area contributed by atoms with Crippen molar-refractivity contribution in [3.05, 3.63) is 48.6 Å². The van der Waals surface area contributed by atoms with Crippen LogP contribution in [0.4, 0.5) is 0 Å². The van der Waals surface area contributed by atoms with Gasteiger partial charge in [-0.25, -0.2) is 0 Å². The number of carbonyl (C=O) groups excluding carboxylic acids is 3. The summed E-state index contributed by atoms with van der Waals surface area (Å²) in [6.07, 6.45) is 58.0. The lowest BCUT2D eigenvalue weighted by molar-refractivity contribution is -0.167. The van der Waals surface area contributed by atoms with Gasteiger partial charge in [0.1, 0.15) is 13.2 Å². The van der Waals surface area contributed by atoms with Crippen LogP contribution in [0.2, 0.25) is 0 Å². The van der Waals surface area contributed by atoms with E-state index in [0.29, 0.717) is 19.3 Å². The predicted molar refractivity (Wildman–Crippen MR) is 256 cm³/mol. The number of hydrogen-bond acceptors (Lipinski definition) is 6. The lowest BCUT2D eigenvalue weighted by atomic mass is 10.1. The summed E-state index contributed by atoms with van der Waals surface area (Å²) in [5, 5.41) is 0. The topological polar surface area (TPSA) is 78.9 Å². The number of carbonyl (C=O) groups is 3. The van der Waals surface area contributed by atoms with Crippen LogP contribution in [0.15, 0.2) is 48.6 Å². The van der Waals surface area contributed by atoms with Crippen LogP contribution >= 0.6 is 0 Å². The third kappa shape index (κ3) is 46.4. The number of allylic oxidation sites excluding steroid dienone is 8. The Kier molecular flexibility index (Phi) is 46.9. The Morgan fingerprint density at radius 1 is 0.333 bits per heavy atom. The predicted octanol–water partition coefficient (Wildman–Crippen LogP) is 16.7. The molecular weight excluding hydrogens is 745 g/mol. The Bertz CT molecular complexity index is 1060. The number of rotatable bonds is 46. The molecule has 0 fully saturated rings. The molecular formula is C54H96O6. The molecule has 0 bridgehead atoms. The zero-order valence-corrected chi connectivity index (χ0v) is 39.7. The van der Waals surface area contributed by atoms with Crippen LogP contribution in [0.5, 0.6) is 0 Å². The summed E-state index contributed by atoms with van der Waals surface area (Å²) in [6, 6.07) is 0. The minimum absolute atomic E-state index is 0.0826. The number of ether oxygens (including phenoxy) is 3. The first kappa shape index (κ1) is 57.4. The molecule has 0 heterocycles. The van der Waals surface area contributed by atoms with Gasteiger partial charge in [0, 0.05) is 19.3 Å². The molecule has 0 rings (SSSR count). The van der Waals surface area contributed by atoms with E-state index in [1.54, 1.807) is 0 Å². The van der Waals surface area contributed by atoms with Crippen molar-refractivity contribution in [1.82, 2.24) is 0 Å². The van der Waals surface area contributed by atoms with E-state index < -0.39 is 6.10 Å². The number of unbranched alkanes of at least 4 members (excludes halogenated alkanes) is 27. The van der Waals surface area contributed by atoms with Crippen molar-refractivity contribution >= 4 is 17.9 Å². The molecule has 0 N–H and O–H groups in total. The Labute approximate surface area is 371 Å². The second-order valence-electron chi connectivity index (χ2n) is 17.1. The maximum absolute atomic E-state index is 12.8. The average Bonchev–Trinajstić information content (AvgIpc) is 3.24. The second-order valence-corrected chi connectivity index (χ2v) is 17.1. The molecule has 0 aliphatic heterocycles. The molecule has 0 aliphatic rings. The van der Waals surface area contributed by atoms with E-state index in [1.165, 1.54) is 128 Å². The molecule has 0 amide bonds. The first-order valence-electron chi connectivity index (χ1n) is 25.6. The van der Waals surface area contributed by atoms with Crippen LogP contribution in [-0.4, -0.2) is 37.2 Å². The first-order valence-corrected chi connectivity index (χ1v) is 25.6. The van der Waals surface area contributed by atoms with E-state index in [0.717, 1.165) is 89.9 Å². The number of hydrogen-bond donors (Lipinski definition) is 0. The van der Waals surface area contributed by atoms with Gasteiger partial charge in [-0.1, -0.05) is 191 Å². The van der Waals surface area contributed by atoms with Crippen LogP contribution in [0, 0.1) is 0 Å². The fourth-order valence-corrected chi connectivity index (χ4v) is 7.09. The molecule has 0 radical (unpaired) electrons. The van der Waals surface area contributed by atoms with Crippen LogP contribution in [0.1, 0.15) is 258 Å². The van der Waals surface area contributed by atoms with Crippen molar-refractivity contribution in [3.63, 3.8) is 0 Å². The summed E-state index contributed by atoms with van der Waals surface area (Å²) in [7, 11) is 0. The Hall–Kier alpha value is -2.63. The van der Waals surface area contributed by atoms with E-state index in [4.69, 9.17) is 14.2 Å². The van der Waals surface area contributed by atoms with Crippen molar-refractivity contribution in [2.75, 3.05) is 13.2 Å². The van der Waals surface area contributed by atoms with Gasteiger partial charge in [-0.3, -0.25) is 14.4 Å². The summed E-state index contributed by atoms with van der Waals surface area (Å²) < 4.78 is 16.8. The molecule has 0 aromatic rings. The molecule has 6 heteroatoms. The first-order chi connectivity index (χ1) is 29.5. The van der Waals surface area contributed by atoms with E-state index in [-0.39, 0.29) is 31.1 Å². The van der Waals surface area contributed by atoms with Gasteiger partial charge in [-0.2, -0.15) is 0 Å². The quantitative estimate of drug-likeness (QED) is 0.0263. The zero-order valence-electron chi connectivity index (χ0n) is 39.7. The molecule has 60 heavy (non-hydrogen) atoms. The monoisotopic (exact) mass is 841 g/mol. The lowest BCUT2D eigenvalue weighted by Gasteiger charge is -2.18. The van der Waals surface area contributed by atoms with Crippen LogP contribution in [0.25, 0.3) is 0 Å². The molecule has 1 atom stereocenters. The molecule has 348 valence electrons. The van der Waals surface area contributed by atoms with Gasteiger partial charge >= 0.3 is 17.9 Å². The summed E-state index contributed by atoms with van der Waals surface area (Å²) in [4.78, 5) is 37.9. The van der Waals surface area contributed by atoms with E-state index in [1.807, 2.05) is 0 Å². The maximum Gasteiger partial charge on any atom is 0.306 e. The molecule has 0 aliphatic carbocycles. The lowest BCUT2D eigenvalue weighted by Crippen LogP contribution is -2.30. The van der Waals surface area contributed by atoms with Crippen LogP contribution < -0.4 is 0 Å². The van der Waals surface area contributed by atoms with Gasteiger partial charge in [-0.15, -0.1) is 0 Å². The van der Waals surface area contributed by atoms with Crippen LogP contribution in [-0.2, 0) is 28.6 Å². The van der Waals surface area contributed by atoms with Crippen molar-refractivity contribution < 1.29 is 28.6 Å². The fraction of sp³-hybridized carbons (Fsp3) is 0.796. The van der Waals surface area contributed by atoms with Crippen LogP contribution in [0.3, 0.4) is 0 Å². The molecule has 0 saturated heterocycles.